The molecule has 1 fully saturated rings. The largest absolute Gasteiger partial charge is 0.381 e. The molecule has 1 N–H and O–H groups in total. The summed E-state index contributed by atoms with van der Waals surface area (Å²) < 4.78 is 33.0. The highest BCUT2D eigenvalue weighted by Gasteiger charge is 2.42. The average molecular weight is 539 g/mol. The van der Waals surface area contributed by atoms with Gasteiger partial charge in [0.25, 0.3) is 0 Å². The van der Waals surface area contributed by atoms with Crippen LogP contribution in [0.25, 0.3) is 5.69 Å². The molecule has 10 nitrogen and oxygen atoms in total. The van der Waals surface area contributed by atoms with Crippen LogP contribution >= 0.6 is 0 Å². The summed E-state index contributed by atoms with van der Waals surface area (Å²) in [7, 11) is 0. The lowest BCUT2D eigenvalue weighted by Gasteiger charge is -2.45. The van der Waals surface area contributed by atoms with Crippen LogP contribution < -0.4 is 10.6 Å². The summed E-state index contributed by atoms with van der Waals surface area (Å²) >= 11 is 0. The third-order valence-electron chi connectivity index (χ3n) is 7.50. The average Bonchev–Trinajstić information content (AvgIpc) is 3.57. The first kappa shape index (κ1) is 26.7. The van der Waals surface area contributed by atoms with Crippen LogP contribution in [0, 0.1) is 11.6 Å². The van der Waals surface area contributed by atoms with E-state index in [0.717, 1.165) is 23.5 Å². The van der Waals surface area contributed by atoms with Gasteiger partial charge in [-0.1, -0.05) is 6.07 Å². The predicted octanol–water partition coefficient (Wildman–Crippen LogP) is 2.58. The summed E-state index contributed by atoms with van der Waals surface area (Å²) in [5, 5.41) is 20.2. The second-order valence-electron chi connectivity index (χ2n) is 10.2. The molecule has 12 heteroatoms. The molecule has 0 spiro atoms. The number of halogens is 2. The molecule has 1 aliphatic heterocycles. The molecule has 3 heterocycles. The number of hydrogen-bond donors (Lipinski definition) is 1. The summed E-state index contributed by atoms with van der Waals surface area (Å²) in [6, 6.07) is 10.5. The number of benzene rings is 2. The van der Waals surface area contributed by atoms with E-state index in [4.69, 9.17) is 0 Å². The molecule has 1 aliphatic rings. The van der Waals surface area contributed by atoms with Gasteiger partial charge in [0.15, 0.2) is 0 Å². The van der Waals surface area contributed by atoms with E-state index in [1.54, 1.807) is 0 Å². The van der Waals surface area contributed by atoms with Crippen molar-refractivity contribution in [2.75, 3.05) is 31.1 Å². The minimum atomic E-state index is -1.68. The van der Waals surface area contributed by atoms with E-state index in [0.29, 0.717) is 26.2 Å². The first-order chi connectivity index (χ1) is 18.7. The Bertz CT molecular complexity index is 1460. The first-order valence-corrected chi connectivity index (χ1v) is 12.9. The highest BCUT2D eigenvalue weighted by atomic mass is 19.1. The third-order valence-corrected chi connectivity index (χ3v) is 7.50. The van der Waals surface area contributed by atoms with Crippen molar-refractivity contribution in [3.63, 3.8) is 0 Å². The van der Waals surface area contributed by atoms with Gasteiger partial charge < -0.3 is 10.0 Å². The Labute approximate surface area is 224 Å². The fourth-order valence-corrected chi connectivity index (χ4v) is 5.19. The molecule has 2 atom stereocenters. The van der Waals surface area contributed by atoms with Crippen LogP contribution in [-0.2, 0) is 12.1 Å². The SMILES string of the molecule is CC(C)n1ncn(-c2ccc(N3CCN([C@H](C)[C@](O)(Cn4cncn4)c4ccc(F)cc4F)CC3)cc2)c1=O. The smallest absolute Gasteiger partial charge is 0.350 e. The van der Waals surface area contributed by atoms with Crippen molar-refractivity contribution >= 4 is 5.69 Å². The molecule has 206 valence electrons. The van der Waals surface area contributed by atoms with E-state index in [2.05, 4.69) is 25.0 Å². The zero-order chi connectivity index (χ0) is 27.7. The molecular formula is C27H32F2N8O2. The lowest BCUT2D eigenvalue weighted by atomic mass is 9.85. The zero-order valence-electron chi connectivity index (χ0n) is 22.2. The fraction of sp³-hybridized carbons (Fsp3) is 0.407. The fourth-order valence-electron chi connectivity index (χ4n) is 5.19. The van der Waals surface area contributed by atoms with E-state index in [1.807, 2.05) is 45.0 Å². The van der Waals surface area contributed by atoms with Crippen LogP contribution in [-0.4, -0.2) is 71.3 Å². The third kappa shape index (κ3) is 5.21. The normalized spacial score (nSPS) is 16.9. The van der Waals surface area contributed by atoms with Crippen molar-refractivity contribution in [3.8, 4) is 5.69 Å². The Kier molecular flexibility index (Phi) is 7.32. The Morgan fingerprint density at radius 1 is 0.949 bits per heavy atom. The maximum atomic E-state index is 14.9. The second kappa shape index (κ2) is 10.7. The Balaban J connectivity index is 1.31. The van der Waals surface area contributed by atoms with Crippen LogP contribution in [0.1, 0.15) is 32.4 Å². The number of piperazine rings is 1. The number of rotatable bonds is 8. The van der Waals surface area contributed by atoms with Gasteiger partial charge in [0.2, 0.25) is 0 Å². The summed E-state index contributed by atoms with van der Waals surface area (Å²) in [6.07, 6.45) is 4.34. The van der Waals surface area contributed by atoms with Gasteiger partial charge in [0, 0.05) is 49.5 Å². The topological polar surface area (TPSA) is 97.2 Å². The lowest BCUT2D eigenvalue weighted by molar-refractivity contribution is -0.0650. The van der Waals surface area contributed by atoms with Crippen molar-refractivity contribution in [3.05, 3.63) is 89.1 Å². The standard InChI is InChI=1S/C27H32F2N8O2/c1-19(2)37-26(38)36(18-32-37)23-7-5-22(6-8-23)34-12-10-33(11-13-34)20(3)27(39,15-35-17-30-16-31-35)24-9-4-21(28)14-25(24)29/h4-9,14,16-20,39H,10-13,15H2,1-3H3/t20-,27-/m1/s1. The van der Waals surface area contributed by atoms with Gasteiger partial charge >= 0.3 is 5.69 Å². The van der Waals surface area contributed by atoms with Crippen molar-refractivity contribution in [2.24, 2.45) is 0 Å². The van der Waals surface area contributed by atoms with Gasteiger partial charge in [-0.2, -0.15) is 10.2 Å². The number of aromatic nitrogens is 6. The molecule has 0 amide bonds. The number of nitrogens with zero attached hydrogens (tertiary/aromatic N) is 8. The Morgan fingerprint density at radius 3 is 2.23 bits per heavy atom. The van der Waals surface area contributed by atoms with E-state index in [-0.39, 0.29) is 23.8 Å². The molecule has 4 aromatic rings. The molecule has 5 rings (SSSR count). The van der Waals surface area contributed by atoms with Gasteiger partial charge in [0.05, 0.1) is 18.3 Å². The molecule has 2 aromatic carbocycles. The highest BCUT2D eigenvalue weighted by Crippen LogP contribution is 2.33. The van der Waals surface area contributed by atoms with E-state index < -0.39 is 23.3 Å². The van der Waals surface area contributed by atoms with Gasteiger partial charge in [-0.25, -0.2) is 32.5 Å². The maximum absolute atomic E-state index is 14.9. The zero-order valence-corrected chi connectivity index (χ0v) is 22.2. The van der Waals surface area contributed by atoms with Crippen LogP contribution in [0.3, 0.4) is 0 Å². The molecule has 1 saturated heterocycles. The minimum Gasteiger partial charge on any atom is -0.381 e. The Morgan fingerprint density at radius 2 is 1.64 bits per heavy atom. The van der Waals surface area contributed by atoms with Crippen molar-refractivity contribution in [1.29, 1.82) is 0 Å². The number of anilines is 1. The van der Waals surface area contributed by atoms with Gasteiger partial charge in [0.1, 0.15) is 36.2 Å². The van der Waals surface area contributed by atoms with E-state index in [9.17, 15) is 18.7 Å². The summed E-state index contributed by atoms with van der Waals surface area (Å²) in [6.45, 7) is 8.23. The van der Waals surface area contributed by atoms with Crippen LogP contribution in [0.15, 0.2) is 66.2 Å². The summed E-state index contributed by atoms with van der Waals surface area (Å²) in [5.74, 6) is -1.51. The molecule has 39 heavy (non-hydrogen) atoms. The van der Waals surface area contributed by atoms with Crippen LogP contribution in [0.2, 0.25) is 0 Å². The van der Waals surface area contributed by atoms with Gasteiger partial charge in [-0.3, -0.25) is 4.90 Å². The molecule has 2 aromatic heterocycles. The summed E-state index contributed by atoms with van der Waals surface area (Å²) in [5.41, 5.74) is -0.0966. The highest BCUT2D eigenvalue weighted by molar-refractivity contribution is 5.51. The molecule has 0 radical (unpaired) electrons. The number of aliphatic hydroxyl groups is 1. The minimum absolute atomic E-state index is 0.0148. The van der Waals surface area contributed by atoms with Crippen molar-refractivity contribution in [1.82, 2.24) is 34.0 Å². The number of hydrogen-bond acceptors (Lipinski definition) is 7. The molecule has 0 saturated carbocycles. The van der Waals surface area contributed by atoms with E-state index >= 15 is 0 Å². The molecule has 0 unspecified atom stereocenters. The van der Waals surface area contributed by atoms with Crippen molar-refractivity contribution < 1.29 is 13.9 Å². The van der Waals surface area contributed by atoms with E-state index in [1.165, 1.54) is 39.0 Å². The molecule has 0 bridgehead atoms. The molecule has 0 aliphatic carbocycles. The molecular weight excluding hydrogens is 506 g/mol. The maximum Gasteiger partial charge on any atom is 0.350 e. The van der Waals surface area contributed by atoms with Crippen molar-refractivity contribution in [2.45, 2.75) is 45.0 Å². The summed E-state index contributed by atoms with van der Waals surface area (Å²) in [4.78, 5) is 20.9. The lowest BCUT2D eigenvalue weighted by Crippen LogP contribution is -2.57. The predicted molar refractivity (Wildman–Crippen MR) is 142 cm³/mol. The second-order valence-corrected chi connectivity index (χ2v) is 10.2. The van der Waals surface area contributed by atoms with Crippen LogP contribution in [0.4, 0.5) is 14.5 Å². The van der Waals surface area contributed by atoms with Gasteiger partial charge in [-0.15, -0.1) is 0 Å². The quantitative estimate of drug-likeness (QED) is 0.368. The van der Waals surface area contributed by atoms with Crippen LogP contribution in [0.5, 0.6) is 0 Å². The van der Waals surface area contributed by atoms with Gasteiger partial charge in [-0.05, 0) is 51.1 Å². The first-order valence-electron chi connectivity index (χ1n) is 12.9. The Hall–Kier alpha value is -3.90. The monoisotopic (exact) mass is 538 g/mol.